The first-order valence-electron chi connectivity index (χ1n) is 7.81. The second-order valence-electron chi connectivity index (χ2n) is 5.93. The lowest BCUT2D eigenvalue weighted by Gasteiger charge is -1.94. The Labute approximate surface area is 141 Å². The minimum Gasteiger partial charge on any atom is -0.416 e. The van der Waals surface area contributed by atoms with Crippen molar-refractivity contribution in [3.63, 3.8) is 0 Å². The fraction of sp³-hybridized carbons (Fsp3) is 0.111. The van der Waals surface area contributed by atoms with Crippen molar-refractivity contribution in [1.29, 1.82) is 0 Å². The Bertz CT molecular complexity index is 1230. The lowest BCUT2D eigenvalue weighted by Crippen LogP contribution is -1.81. The third-order valence-electron chi connectivity index (χ3n) is 4.31. The monoisotopic (exact) mass is 331 g/mol. The van der Waals surface area contributed by atoms with E-state index < -0.39 is 0 Å². The molecule has 7 nitrogen and oxygen atoms in total. The summed E-state index contributed by atoms with van der Waals surface area (Å²) in [6.07, 6.45) is 3.64. The summed E-state index contributed by atoms with van der Waals surface area (Å²) in [6.45, 7) is 1.87. The van der Waals surface area contributed by atoms with Crippen molar-refractivity contribution in [2.45, 2.75) is 6.92 Å². The van der Waals surface area contributed by atoms with E-state index in [1.54, 1.807) is 6.20 Å². The lowest BCUT2D eigenvalue weighted by atomic mass is 10.2. The number of pyridine rings is 1. The maximum Gasteiger partial charge on any atom is 0.257 e. The van der Waals surface area contributed by atoms with E-state index in [2.05, 4.69) is 26.4 Å². The van der Waals surface area contributed by atoms with Crippen LogP contribution in [0.4, 0.5) is 0 Å². The largest absolute Gasteiger partial charge is 0.416 e. The topological polar surface area (TPSA) is 82.8 Å². The normalized spacial score (nSPS) is 11.6. The molecule has 5 rings (SSSR count). The van der Waals surface area contributed by atoms with Crippen LogP contribution in [0.3, 0.4) is 0 Å². The highest BCUT2D eigenvalue weighted by Gasteiger charge is 2.17. The number of fused-ring (bicyclic) bond motifs is 2. The summed E-state index contributed by atoms with van der Waals surface area (Å²) in [5.74, 6) is 0.895. The van der Waals surface area contributed by atoms with E-state index in [1.165, 1.54) is 0 Å². The molecule has 0 bridgehead atoms. The van der Waals surface area contributed by atoms with Gasteiger partial charge in [-0.25, -0.2) is 4.98 Å². The van der Waals surface area contributed by atoms with Gasteiger partial charge in [-0.05, 0) is 19.1 Å². The first-order valence-corrected chi connectivity index (χ1v) is 7.81. The van der Waals surface area contributed by atoms with Crippen LogP contribution in [0.5, 0.6) is 0 Å². The molecule has 5 aromatic rings. The van der Waals surface area contributed by atoms with E-state index >= 15 is 0 Å². The molecule has 0 unspecified atom stereocenters. The molecular formula is C18H13N5O2. The summed E-state index contributed by atoms with van der Waals surface area (Å²) >= 11 is 0. The van der Waals surface area contributed by atoms with Gasteiger partial charge in [-0.2, -0.15) is 0 Å². The molecule has 0 spiro atoms. The van der Waals surface area contributed by atoms with Crippen molar-refractivity contribution < 1.29 is 8.94 Å². The number of benzene rings is 1. The van der Waals surface area contributed by atoms with E-state index in [0.29, 0.717) is 17.5 Å². The van der Waals surface area contributed by atoms with Crippen LogP contribution in [0.15, 0.2) is 51.7 Å². The zero-order valence-corrected chi connectivity index (χ0v) is 13.6. The predicted octanol–water partition coefficient (Wildman–Crippen LogP) is 3.74. The van der Waals surface area contributed by atoms with E-state index in [1.807, 2.05) is 49.0 Å². The second-order valence-corrected chi connectivity index (χ2v) is 5.93. The Morgan fingerprint density at radius 2 is 1.88 bits per heavy atom. The van der Waals surface area contributed by atoms with Crippen LogP contribution < -0.4 is 0 Å². The van der Waals surface area contributed by atoms with Crippen LogP contribution >= 0.6 is 0 Å². The predicted molar refractivity (Wildman–Crippen MR) is 91.7 cm³/mol. The molecule has 25 heavy (non-hydrogen) atoms. The number of hydrogen-bond acceptors (Lipinski definition) is 6. The van der Waals surface area contributed by atoms with Gasteiger partial charge in [0.15, 0.2) is 0 Å². The number of hydrogen-bond donors (Lipinski definition) is 0. The van der Waals surface area contributed by atoms with Crippen molar-refractivity contribution in [1.82, 2.24) is 24.9 Å². The fourth-order valence-corrected chi connectivity index (χ4v) is 3.02. The van der Waals surface area contributed by atoms with Gasteiger partial charge in [-0.3, -0.25) is 0 Å². The van der Waals surface area contributed by atoms with Crippen LogP contribution in [0.2, 0.25) is 0 Å². The maximum atomic E-state index is 5.92. The van der Waals surface area contributed by atoms with Gasteiger partial charge in [0.25, 0.3) is 5.71 Å². The van der Waals surface area contributed by atoms with Crippen LogP contribution in [-0.4, -0.2) is 24.9 Å². The van der Waals surface area contributed by atoms with Gasteiger partial charge in [0, 0.05) is 30.3 Å². The number of para-hydroxylation sites is 1. The third kappa shape index (κ3) is 2.06. The number of aromatic nitrogens is 5. The molecule has 0 N–H and O–H groups in total. The Morgan fingerprint density at radius 3 is 2.80 bits per heavy atom. The summed E-state index contributed by atoms with van der Waals surface area (Å²) < 4.78 is 13.1. The third-order valence-corrected chi connectivity index (χ3v) is 4.31. The van der Waals surface area contributed by atoms with E-state index in [9.17, 15) is 0 Å². The Kier molecular flexibility index (Phi) is 2.79. The maximum absolute atomic E-state index is 5.92. The average molecular weight is 331 g/mol. The van der Waals surface area contributed by atoms with Gasteiger partial charge in [-0.1, -0.05) is 23.4 Å². The molecule has 7 heteroatoms. The molecule has 0 aliphatic heterocycles. The van der Waals surface area contributed by atoms with Gasteiger partial charge < -0.3 is 13.5 Å². The van der Waals surface area contributed by atoms with Crippen LogP contribution in [0.1, 0.15) is 5.69 Å². The smallest absolute Gasteiger partial charge is 0.257 e. The highest BCUT2D eigenvalue weighted by atomic mass is 16.5. The van der Waals surface area contributed by atoms with Gasteiger partial charge >= 0.3 is 0 Å². The van der Waals surface area contributed by atoms with E-state index in [0.717, 1.165) is 33.1 Å². The van der Waals surface area contributed by atoms with Crippen molar-refractivity contribution in [3.05, 3.63) is 48.4 Å². The summed E-state index contributed by atoms with van der Waals surface area (Å²) in [5, 5.41) is 14.2. The van der Waals surface area contributed by atoms with Crippen molar-refractivity contribution in [2.24, 2.45) is 7.05 Å². The van der Waals surface area contributed by atoms with Crippen molar-refractivity contribution in [2.75, 3.05) is 0 Å². The Hall–Kier alpha value is -3.48. The van der Waals surface area contributed by atoms with E-state index in [4.69, 9.17) is 8.94 Å². The highest BCUT2D eigenvalue weighted by molar-refractivity contribution is 5.94. The summed E-state index contributed by atoms with van der Waals surface area (Å²) in [6, 6.07) is 10.0. The molecule has 0 amide bonds. The molecule has 0 atom stereocenters. The SMILES string of the molecule is Cc1noc2ncc(-c3nnc(-c4cn(C)c5ccccc45)o3)cc12. The molecule has 4 heterocycles. The molecule has 122 valence electrons. The van der Waals surface area contributed by atoms with E-state index in [-0.39, 0.29) is 0 Å². The van der Waals surface area contributed by atoms with Gasteiger partial charge in [0.1, 0.15) is 0 Å². The van der Waals surface area contributed by atoms with Gasteiger partial charge in [-0.15, -0.1) is 10.2 Å². The summed E-state index contributed by atoms with van der Waals surface area (Å²) in [5.41, 5.74) is 4.03. The average Bonchev–Trinajstić information content (AvgIpc) is 3.34. The van der Waals surface area contributed by atoms with Crippen LogP contribution in [-0.2, 0) is 7.05 Å². The van der Waals surface area contributed by atoms with Gasteiger partial charge in [0.05, 0.1) is 22.2 Å². The number of rotatable bonds is 2. The zero-order valence-electron chi connectivity index (χ0n) is 13.6. The standard InChI is InChI=1S/C18H13N5O2/c1-10-13-7-11(8-19-17(13)25-22-10)16-20-21-18(24-16)14-9-23(2)15-6-4-3-5-12(14)15/h3-9H,1-2H3. The molecule has 4 aromatic heterocycles. The van der Waals surface area contributed by atoms with Gasteiger partial charge in [0.2, 0.25) is 11.8 Å². The van der Waals surface area contributed by atoms with Crippen LogP contribution in [0.25, 0.3) is 44.9 Å². The number of aryl methyl sites for hydroxylation is 2. The minimum absolute atomic E-state index is 0.415. The molecule has 0 radical (unpaired) electrons. The molecule has 0 saturated heterocycles. The molecular weight excluding hydrogens is 318 g/mol. The molecule has 0 saturated carbocycles. The molecule has 1 aromatic carbocycles. The molecule has 0 fully saturated rings. The Morgan fingerprint density at radius 1 is 1.04 bits per heavy atom. The highest BCUT2D eigenvalue weighted by Crippen LogP contribution is 2.31. The van der Waals surface area contributed by atoms with Crippen molar-refractivity contribution in [3.8, 4) is 22.9 Å². The summed E-state index contributed by atoms with van der Waals surface area (Å²) in [4.78, 5) is 4.25. The lowest BCUT2D eigenvalue weighted by molar-refractivity contribution is 0.443. The molecule has 0 aliphatic rings. The minimum atomic E-state index is 0.415. The van der Waals surface area contributed by atoms with Crippen LogP contribution in [0, 0.1) is 6.92 Å². The number of nitrogens with zero attached hydrogens (tertiary/aromatic N) is 5. The fourth-order valence-electron chi connectivity index (χ4n) is 3.02. The van der Waals surface area contributed by atoms with Crippen molar-refractivity contribution >= 4 is 22.0 Å². The first-order chi connectivity index (χ1) is 12.2. The zero-order chi connectivity index (χ0) is 17.0. The summed E-state index contributed by atoms with van der Waals surface area (Å²) in [7, 11) is 2.00. The molecule has 0 aliphatic carbocycles. The quantitative estimate of drug-likeness (QED) is 0.490. The first kappa shape index (κ1) is 13.9. The second kappa shape index (κ2) is 5.01. The Balaban J connectivity index is 1.63.